The lowest BCUT2D eigenvalue weighted by atomic mass is 9.94. The number of rotatable bonds is 5. The smallest absolute Gasteiger partial charge is 0.304 e. The van der Waals surface area contributed by atoms with Crippen molar-refractivity contribution in [3.8, 4) is 0 Å². The minimum absolute atomic E-state index is 0. The number of aromatic nitrogens is 2. The molecule has 0 saturated heterocycles. The van der Waals surface area contributed by atoms with Crippen molar-refractivity contribution in [3.05, 3.63) is 56.1 Å². The number of nitro benzene ring substituents is 1. The zero-order valence-electron chi connectivity index (χ0n) is 13.7. The Morgan fingerprint density at radius 1 is 1.44 bits per heavy atom. The molecule has 1 aromatic carbocycles. The van der Waals surface area contributed by atoms with E-state index in [0.717, 1.165) is 10.4 Å². The molecule has 136 valence electrons. The molecule has 0 aliphatic carbocycles. The first-order valence-electron chi connectivity index (χ1n) is 7.07. The Hall–Kier alpha value is -2.32. The second kappa shape index (κ2) is 7.71. The summed E-state index contributed by atoms with van der Waals surface area (Å²) in [6, 6.07) is 3.85. The SMILES string of the molecule is Cc1c(C)[n+](C)c(C(CC(=O)O)c2cc([N+](=O)[O-])ccc2Cl)n1O.[Cl-]. The van der Waals surface area contributed by atoms with Gasteiger partial charge in [-0.3, -0.25) is 14.9 Å². The van der Waals surface area contributed by atoms with Crippen molar-refractivity contribution < 1.29 is 37.0 Å². The van der Waals surface area contributed by atoms with Gasteiger partial charge in [0.25, 0.3) is 5.69 Å². The molecule has 2 aromatic rings. The van der Waals surface area contributed by atoms with Gasteiger partial charge in [-0.15, -0.1) is 0 Å². The van der Waals surface area contributed by atoms with Crippen molar-refractivity contribution in [2.24, 2.45) is 7.05 Å². The lowest BCUT2D eigenvalue weighted by molar-refractivity contribution is -0.686. The third-order valence-corrected chi connectivity index (χ3v) is 4.51. The topological polar surface area (TPSA) is 109 Å². The van der Waals surface area contributed by atoms with Crippen LogP contribution in [0.5, 0.6) is 0 Å². The van der Waals surface area contributed by atoms with Crippen LogP contribution in [0.2, 0.25) is 5.02 Å². The van der Waals surface area contributed by atoms with E-state index < -0.39 is 16.8 Å². The van der Waals surface area contributed by atoms with Crippen LogP contribution in [0.4, 0.5) is 5.69 Å². The summed E-state index contributed by atoms with van der Waals surface area (Å²) in [6.07, 6.45) is -0.377. The first-order chi connectivity index (χ1) is 11.1. The van der Waals surface area contributed by atoms with Crippen molar-refractivity contribution in [1.29, 1.82) is 0 Å². The number of halogens is 2. The molecule has 25 heavy (non-hydrogen) atoms. The van der Waals surface area contributed by atoms with Gasteiger partial charge in [-0.25, -0.2) is 4.57 Å². The number of nitrogens with zero attached hydrogens (tertiary/aromatic N) is 3. The Balaban J connectivity index is 0.00000312. The van der Waals surface area contributed by atoms with Gasteiger partial charge in [0.1, 0.15) is 11.6 Å². The highest BCUT2D eigenvalue weighted by molar-refractivity contribution is 6.31. The lowest BCUT2D eigenvalue weighted by Gasteiger charge is -2.13. The minimum atomic E-state index is -1.11. The molecule has 0 spiro atoms. The van der Waals surface area contributed by atoms with E-state index in [9.17, 15) is 25.2 Å². The van der Waals surface area contributed by atoms with Crippen molar-refractivity contribution in [3.63, 3.8) is 0 Å². The zero-order chi connectivity index (χ0) is 18.2. The summed E-state index contributed by atoms with van der Waals surface area (Å²) in [5.41, 5.74) is 1.36. The summed E-state index contributed by atoms with van der Waals surface area (Å²) >= 11 is 6.16. The number of carbonyl (C=O) groups is 1. The number of carboxylic acid groups (broad SMARTS) is 1. The van der Waals surface area contributed by atoms with Crippen LogP contribution in [-0.4, -0.2) is 25.9 Å². The van der Waals surface area contributed by atoms with E-state index in [-0.39, 0.29) is 40.9 Å². The van der Waals surface area contributed by atoms with E-state index in [1.165, 1.54) is 18.2 Å². The molecule has 1 heterocycles. The van der Waals surface area contributed by atoms with Gasteiger partial charge in [0.15, 0.2) is 5.69 Å². The molecule has 0 fully saturated rings. The fraction of sp³-hybridized carbons (Fsp3) is 0.333. The molecular weight excluding hydrogens is 373 g/mol. The average Bonchev–Trinajstić information content (AvgIpc) is 2.69. The van der Waals surface area contributed by atoms with Crippen LogP contribution in [0.15, 0.2) is 18.2 Å². The molecule has 10 heteroatoms. The molecule has 1 atom stereocenters. The second-order valence-electron chi connectivity index (χ2n) is 5.51. The van der Waals surface area contributed by atoms with Crippen molar-refractivity contribution in [2.45, 2.75) is 26.2 Å². The van der Waals surface area contributed by atoms with Gasteiger partial charge in [-0.1, -0.05) is 11.6 Å². The third kappa shape index (κ3) is 3.85. The van der Waals surface area contributed by atoms with Crippen LogP contribution in [0.1, 0.15) is 35.1 Å². The zero-order valence-corrected chi connectivity index (χ0v) is 15.2. The van der Waals surface area contributed by atoms with Gasteiger partial charge >= 0.3 is 11.8 Å². The monoisotopic (exact) mass is 389 g/mol. The first-order valence-corrected chi connectivity index (χ1v) is 7.45. The van der Waals surface area contributed by atoms with Crippen molar-refractivity contribution in [2.75, 3.05) is 0 Å². The molecule has 1 unspecified atom stereocenters. The summed E-state index contributed by atoms with van der Waals surface area (Å²) in [7, 11) is 1.69. The number of benzene rings is 1. The Labute approximate surface area is 154 Å². The average molecular weight is 390 g/mol. The number of aliphatic carboxylic acids is 1. The van der Waals surface area contributed by atoms with Gasteiger partial charge < -0.3 is 22.7 Å². The number of imidazole rings is 1. The van der Waals surface area contributed by atoms with E-state index in [1.807, 2.05) is 0 Å². The summed E-state index contributed by atoms with van der Waals surface area (Å²) in [4.78, 5) is 21.8. The van der Waals surface area contributed by atoms with Gasteiger partial charge in [0, 0.05) is 31.0 Å². The summed E-state index contributed by atoms with van der Waals surface area (Å²) < 4.78 is 2.55. The van der Waals surface area contributed by atoms with Crippen LogP contribution < -0.4 is 17.0 Å². The Morgan fingerprint density at radius 3 is 2.48 bits per heavy atom. The van der Waals surface area contributed by atoms with Crippen LogP contribution in [0.25, 0.3) is 0 Å². The fourth-order valence-corrected chi connectivity index (χ4v) is 2.94. The molecule has 8 nitrogen and oxygen atoms in total. The maximum absolute atomic E-state index is 11.3. The highest BCUT2D eigenvalue weighted by Gasteiger charge is 2.35. The number of non-ortho nitro benzene ring substituents is 1. The van der Waals surface area contributed by atoms with Crippen LogP contribution >= 0.6 is 11.6 Å². The Bertz CT molecular complexity index is 810. The van der Waals surface area contributed by atoms with E-state index in [2.05, 4.69) is 0 Å². The molecule has 0 aliphatic rings. The van der Waals surface area contributed by atoms with Crippen LogP contribution in [-0.2, 0) is 11.8 Å². The molecule has 0 radical (unpaired) electrons. The normalized spacial score (nSPS) is 11.7. The highest BCUT2D eigenvalue weighted by atomic mass is 35.5. The van der Waals surface area contributed by atoms with E-state index in [4.69, 9.17) is 11.6 Å². The van der Waals surface area contributed by atoms with Crippen molar-refractivity contribution in [1.82, 2.24) is 4.73 Å². The fourth-order valence-electron chi connectivity index (χ4n) is 2.69. The predicted molar refractivity (Wildman–Crippen MR) is 84.5 cm³/mol. The molecule has 2 N–H and O–H groups in total. The van der Waals surface area contributed by atoms with Gasteiger partial charge in [-0.2, -0.15) is 0 Å². The standard InChI is InChI=1S/C15H16ClN3O5.ClH/c1-8-9(2)18(22)15(17(8)3)12(7-14(20)21)11-6-10(19(23)24)4-5-13(11)16;/h4-6,12H,7H2,1-3H3,(H-,20,21,22);1H. The molecule has 0 bridgehead atoms. The molecule has 1 aromatic heterocycles. The van der Waals surface area contributed by atoms with Crippen molar-refractivity contribution >= 4 is 23.3 Å². The number of carboxylic acids is 1. The molecular formula is C15H17Cl2N3O5. The molecule has 0 amide bonds. The number of hydrogen-bond donors (Lipinski definition) is 2. The number of nitro groups is 1. The second-order valence-corrected chi connectivity index (χ2v) is 5.92. The predicted octanol–water partition coefficient (Wildman–Crippen LogP) is -0.661. The maximum atomic E-state index is 11.3. The molecule has 0 saturated carbocycles. The van der Waals surface area contributed by atoms with Crippen LogP contribution in [0.3, 0.4) is 0 Å². The Kier molecular flexibility index (Phi) is 6.39. The minimum Gasteiger partial charge on any atom is -1.00 e. The summed E-state index contributed by atoms with van der Waals surface area (Å²) in [6.45, 7) is 3.46. The first kappa shape index (κ1) is 20.7. The maximum Gasteiger partial charge on any atom is 0.304 e. The van der Waals surface area contributed by atoms with E-state index in [1.54, 1.807) is 25.5 Å². The largest absolute Gasteiger partial charge is 1.00 e. The van der Waals surface area contributed by atoms with Crippen LogP contribution in [0, 0.1) is 24.0 Å². The van der Waals surface area contributed by atoms with E-state index >= 15 is 0 Å². The quantitative estimate of drug-likeness (QED) is 0.305. The molecule has 0 aliphatic heterocycles. The highest BCUT2D eigenvalue weighted by Crippen LogP contribution is 2.34. The summed E-state index contributed by atoms with van der Waals surface area (Å²) in [5.74, 6) is -1.67. The van der Waals surface area contributed by atoms with Gasteiger partial charge in [0.05, 0.1) is 18.4 Å². The summed E-state index contributed by atoms with van der Waals surface area (Å²) in [5, 5.41) is 30.8. The van der Waals surface area contributed by atoms with Gasteiger partial charge in [-0.05, 0) is 16.4 Å². The Morgan fingerprint density at radius 2 is 2.04 bits per heavy atom. The third-order valence-electron chi connectivity index (χ3n) is 4.16. The van der Waals surface area contributed by atoms with E-state index in [0.29, 0.717) is 5.69 Å². The van der Waals surface area contributed by atoms with Gasteiger partial charge in [0.2, 0.25) is 0 Å². The number of hydrogen-bond acceptors (Lipinski definition) is 4. The lowest BCUT2D eigenvalue weighted by Crippen LogP contribution is -3.00. The molecule has 2 rings (SSSR count).